The molecule has 0 amide bonds. The predicted octanol–water partition coefficient (Wildman–Crippen LogP) is 4.21. The van der Waals surface area contributed by atoms with E-state index in [1.165, 1.54) is 35.7 Å². The van der Waals surface area contributed by atoms with E-state index in [1.807, 2.05) is 12.1 Å². The lowest BCUT2D eigenvalue weighted by Gasteiger charge is -2.50. The molecular weight excluding hydrogens is 324 g/mol. The fraction of sp³-hybridized carbons (Fsp3) is 0.421. The van der Waals surface area contributed by atoms with Crippen LogP contribution >= 0.6 is 23.4 Å². The monoisotopic (exact) mass is 344 g/mol. The molecule has 1 unspecified atom stereocenters. The number of benzene rings is 1. The fourth-order valence-electron chi connectivity index (χ4n) is 3.82. The van der Waals surface area contributed by atoms with Crippen molar-refractivity contribution in [3.8, 4) is 0 Å². The highest BCUT2D eigenvalue weighted by molar-refractivity contribution is 8.03. The van der Waals surface area contributed by atoms with E-state index in [9.17, 15) is 0 Å². The molecule has 0 aromatic heterocycles. The Bertz CT molecular complexity index is 617. The van der Waals surface area contributed by atoms with Crippen molar-refractivity contribution in [1.29, 1.82) is 0 Å². The number of thioether (sulfide) groups is 1. The van der Waals surface area contributed by atoms with E-state index in [0.29, 0.717) is 6.04 Å². The van der Waals surface area contributed by atoms with Crippen LogP contribution in [0.25, 0.3) is 0 Å². The topological polar surface area (TPSA) is 6.48 Å². The maximum Gasteiger partial charge on any atom is 0.123 e. The average Bonchev–Trinajstić information content (AvgIpc) is 2.59. The molecule has 3 fully saturated rings. The summed E-state index contributed by atoms with van der Waals surface area (Å²) in [7, 11) is 0. The standard InChI is InChI=1S/C19H21ClN2S/c1-14-2-4-16(5-3-14)23-17-6-7-19(20)22(12-17)18-13-21-10-8-15(18)9-11-21/h1-7,12,15,18-19H,8-11,13H2/t18-,19?/m0/s1. The lowest BCUT2D eigenvalue weighted by molar-refractivity contribution is 0.0248. The van der Waals surface area contributed by atoms with E-state index in [2.05, 4.69) is 40.3 Å². The molecule has 4 heterocycles. The van der Waals surface area contributed by atoms with Gasteiger partial charge in [-0.05, 0) is 68.6 Å². The highest BCUT2D eigenvalue weighted by Gasteiger charge is 2.38. The average molecular weight is 345 g/mol. The summed E-state index contributed by atoms with van der Waals surface area (Å²) in [5.41, 5.74) is 0.772. The van der Waals surface area contributed by atoms with Crippen LogP contribution in [-0.4, -0.2) is 41.0 Å². The Hall–Kier alpha value is -0.900. The van der Waals surface area contributed by atoms with Crippen LogP contribution in [0.1, 0.15) is 18.4 Å². The second-order valence-electron chi connectivity index (χ2n) is 6.59. The second kappa shape index (κ2) is 6.54. The van der Waals surface area contributed by atoms with Gasteiger partial charge in [-0.25, -0.2) is 0 Å². The summed E-state index contributed by atoms with van der Waals surface area (Å²) in [6, 6.07) is 8.59. The maximum absolute atomic E-state index is 6.59. The van der Waals surface area contributed by atoms with Crippen LogP contribution in [0.4, 0.5) is 0 Å². The molecule has 1 aromatic rings. The van der Waals surface area contributed by atoms with Crippen molar-refractivity contribution in [3.05, 3.63) is 60.0 Å². The second-order valence-corrected chi connectivity index (χ2v) is 8.18. The number of piperidine rings is 3. The molecule has 5 rings (SSSR count). The Morgan fingerprint density at radius 2 is 1.87 bits per heavy atom. The minimum atomic E-state index is -0.0312. The van der Waals surface area contributed by atoms with Crippen LogP contribution in [0.2, 0.25) is 0 Å². The van der Waals surface area contributed by atoms with Crippen LogP contribution in [0.15, 0.2) is 52.4 Å². The van der Waals surface area contributed by atoms with E-state index in [4.69, 9.17) is 18.5 Å². The van der Waals surface area contributed by atoms with Crippen LogP contribution in [0.5, 0.6) is 0 Å². The summed E-state index contributed by atoms with van der Waals surface area (Å²) >= 11 is 8.36. The van der Waals surface area contributed by atoms with Gasteiger partial charge in [0.2, 0.25) is 0 Å². The van der Waals surface area contributed by atoms with Crippen LogP contribution in [0, 0.1) is 12.8 Å². The van der Waals surface area contributed by atoms with Crippen molar-refractivity contribution >= 4 is 23.4 Å². The van der Waals surface area contributed by atoms with Crippen molar-refractivity contribution < 1.29 is 0 Å². The van der Waals surface area contributed by atoms with Gasteiger partial charge >= 0.3 is 0 Å². The Kier molecular flexibility index (Phi) is 4.44. The molecule has 120 valence electrons. The van der Waals surface area contributed by atoms with E-state index < -0.39 is 0 Å². The molecule has 2 nitrogen and oxygen atoms in total. The minimum Gasteiger partial charge on any atom is -0.352 e. The number of allylic oxidation sites excluding steroid dienone is 1. The van der Waals surface area contributed by atoms with Gasteiger partial charge in [0.05, 0.1) is 0 Å². The first-order valence-corrected chi connectivity index (χ1v) is 9.51. The summed E-state index contributed by atoms with van der Waals surface area (Å²) in [5.74, 6) is 0.784. The third-order valence-corrected chi connectivity index (χ3v) is 6.46. The molecule has 3 saturated heterocycles. The smallest absolute Gasteiger partial charge is 0.123 e. The molecule has 1 aromatic carbocycles. The van der Waals surface area contributed by atoms with Crippen molar-refractivity contribution in [3.63, 3.8) is 0 Å². The first-order valence-electron chi connectivity index (χ1n) is 8.26. The van der Waals surface area contributed by atoms with Crippen LogP contribution < -0.4 is 0 Å². The molecule has 2 atom stereocenters. The molecule has 0 saturated carbocycles. The van der Waals surface area contributed by atoms with Gasteiger partial charge in [-0.3, -0.25) is 0 Å². The van der Waals surface area contributed by atoms with Gasteiger partial charge in [-0.15, -0.1) is 0 Å². The molecule has 0 N–H and O–H groups in total. The summed E-state index contributed by atoms with van der Waals surface area (Å²) in [5, 5.41) is 0. The van der Waals surface area contributed by atoms with E-state index in [-0.39, 0.29) is 5.50 Å². The van der Waals surface area contributed by atoms with Crippen LogP contribution in [0.3, 0.4) is 0 Å². The number of hydrogen-bond acceptors (Lipinski definition) is 3. The molecule has 2 radical (unpaired) electrons. The van der Waals surface area contributed by atoms with Gasteiger partial charge in [0.15, 0.2) is 0 Å². The molecule has 4 aliphatic heterocycles. The van der Waals surface area contributed by atoms with Crippen molar-refractivity contribution in [2.24, 2.45) is 5.92 Å². The number of halogens is 1. The molecule has 0 aliphatic carbocycles. The zero-order valence-corrected chi connectivity index (χ0v) is 14.6. The zero-order chi connectivity index (χ0) is 15.8. The van der Waals surface area contributed by atoms with Crippen molar-refractivity contribution in [1.82, 2.24) is 9.80 Å². The van der Waals surface area contributed by atoms with E-state index in [1.54, 1.807) is 11.8 Å². The normalized spacial score (nSPS) is 33.0. The van der Waals surface area contributed by atoms with Gasteiger partial charge < -0.3 is 9.80 Å². The lowest BCUT2D eigenvalue weighted by atomic mass is 9.83. The Morgan fingerprint density at radius 1 is 1.13 bits per heavy atom. The first-order chi connectivity index (χ1) is 11.2. The fourth-order valence-corrected chi connectivity index (χ4v) is 4.96. The molecule has 0 spiro atoms. The first kappa shape index (κ1) is 15.6. The van der Waals surface area contributed by atoms with E-state index in [0.717, 1.165) is 18.0 Å². The number of hydrogen-bond donors (Lipinski definition) is 0. The molecule has 2 bridgehead atoms. The van der Waals surface area contributed by atoms with Crippen molar-refractivity contribution in [2.45, 2.75) is 29.3 Å². The summed E-state index contributed by atoms with van der Waals surface area (Å²) in [6.45, 7) is 9.43. The predicted molar refractivity (Wildman–Crippen MR) is 97.4 cm³/mol. The largest absolute Gasteiger partial charge is 0.352 e. The number of nitrogens with zero attached hydrogens (tertiary/aromatic N) is 2. The maximum atomic E-state index is 6.59. The quantitative estimate of drug-likeness (QED) is 0.599. The third-order valence-electron chi connectivity index (χ3n) is 5.10. The summed E-state index contributed by atoms with van der Waals surface area (Å²) < 4.78 is 0. The summed E-state index contributed by atoms with van der Waals surface area (Å²) in [4.78, 5) is 7.39. The minimum absolute atomic E-state index is 0.0312. The van der Waals surface area contributed by atoms with E-state index >= 15 is 0 Å². The number of alkyl halides is 1. The number of rotatable bonds is 3. The Balaban J connectivity index is 1.52. The zero-order valence-electron chi connectivity index (χ0n) is 13.1. The Labute approximate surface area is 148 Å². The van der Waals surface area contributed by atoms with Gasteiger partial charge in [0, 0.05) is 28.6 Å². The SMILES string of the molecule is [CH]c1ccc(SC2=CN([C@H]3CN4CCC3CC4)C(Cl)C=C2)cc1. The molecule has 23 heavy (non-hydrogen) atoms. The highest BCUT2D eigenvalue weighted by Crippen LogP contribution is 2.37. The molecule has 4 heteroatoms. The van der Waals surface area contributed by atoms with Crippen molar-refractivity contribution in [2.75, 3.05) is 19.6 Å². The summed E-state index contributed by atoms with van der Waals surface area (Å²) in [6.07, 6.45) is 9.12. The van der Waals surface area contributed by atoms with Crippen LogP contribution in [-0.2, 0) is 0 Å². The van der Waals surface area contributed by atoms with Gasteiger partial charge in [0.1, 0.15) is 5.50 Å². The highest BCUT2D eigenvalue weighted by atomic mass is 35.5. The number of fused-ring (bicyclic) bond motifs is 3. The van der Waals surface area contributed by atoms with Gasteiger partial charge in [-0.2, -0.15) is 0 Å². The van der Waals surface area contributed by atoms with Gasteiger partial charge in [-0.1, -0.05) is 35.5 Å². The Morgan fingerprint density at radius 3 is 2.52 bits per heavy atom. The molecular formula is C19H21ClN2S. The third kappa shape index (κ3) is 3.33. The van der Waals surface area contributed by atoms with Gasteiger partial charge in [0.25, 0.3) is 0 Å². The molecule has 4 aliphatic rings. The lowest BCUT2D eigenvalue weighted by Crippen LogP contribution is -2.57.